The van der Waals surface area contributed by atoms with Crippen molar-refractivity contribution in [3.8, 4) is 5.75 Å². The Bertz CT molecular complexity index is 368. The predicted molar refractivity (Wildman–Crippen MR) is 61.5 cm³/mol. The van der Waals surface area contributed by atoms with Gasteiger partial charge in [-0.2, -0.15) is 0 Å². The average molecular weight is 294 g/mol. The number of benzene rings is 1. The normalized spacial score (nSPS) is 12.2. The summed E-state index contributed by atoms with van der Waals surface area (Å²) in [6.45, 7) is 1.69. The predicted octanol–water partition coefficient (Wildman–Crippen LogP) is 3.34. The zero-order chi connectivity index (χ0) is 11.4. The maximum absolute atomic E-state index is 10.4. The lowest BCUT2D eigenvalue weighted by atomic mass is 10.3. The summed E-state index contributed by atoms with van der Waals surface area (Å²) < 4.78 is 6.23. The van der Waals surface area contributed by atoms with Crippen molar-refractivity contribution in [1.29, 1.82) is 0 Å². The largest absolute Gasteiger partial charge is 0.489 e. The Morgan fingerprint density at radius 3 is 2.93 bits per heavy atom. The Morgan fingerprint density at radius 2 is 2.33 bits per heavy atom. The molecule has 0 aliphatic rings. The summed E-state index contributed by atoms with van der Waals surface area (Å²) in [5.41, 5.74) is 0. The van der Waals surface area contributed by atoms with Crippen LogP contribution in [0.25, 0.3) is 0 Å². The molecule has 0 saturated carbocycles. The van der Waals surface area contributed by atoms with E-state index in [4.69, 9.17) is 21.4 Å². The van der Waals surface area contributed by atoms with Crippen LogP contribution >= 0.6 is 27.5 Å². The highest BCUT2D eigenvalue weighted by Gasteiger charge is 2.11. The van der Waals surface area contributed by atoms with Gasteiger partial charge >= 0.3 is 5.97 Å². The summed E-state index contributed by atoms with van der Waals surface area (Å²) in [5.74, 6) is -0.409. The second-order valence-corrected chi connectivity index (χ2v) is 4.42. The van der Waals surface area contributed by atoms with Crippen LogP contribution in [0, 0.1) is 0 Å². The van der Waals surface area contributed by atoms with Crippen molar-refractivity contribution < 1.29 is 14.6 Å². The Balaban J connectivity index is 2.71. The van der Waals surface area contributed by atoms with Crippen LogP contribution in [0.5, 0.6) is 5.75 Å². The van der Waals surface area contributed by atoms with E-state index in [1.165, 1.54) is 0 Å². The molecule has 0 heterocycles. The van der Waals surface area contributed by atoms with Crippen molar-refractivity contribution in [3.63, 3.8) is 0 Å². The molecule has 0 aliphatic carbocycles. The van der Waals surface area contributed by atoms with Crippen LogP contribution in [-0.4, -0.2) is 17.2 Å². The molecule has 1 rings (SSSR count). The highest BCUT2D eigenvalue weighted by atomic mass is 79.9. The molecule has 5 heteroatoms. The molecule has 0 spiro atoms. The van der Waals surface area contributed by atoms with Crippen molar-refractivity contribution in [3.05, 3.63) is 27.7 Å². The summed E-state index contributed by atoms with van der Waals surface area (Å²) >= 11 is 9.17. The standard InChI is InChI=1S/C10H10BrClO3/c1-6(4-10(13)14)15-9-5-7(11)2-3-8(9)12/h2-3,5-6H,4H2,1H3,(H,13,14)/t6-/m0/s1. The number of rotatable bonds is 4. The molecule has 0 radical (unpaired) electrons. The van der Waals surface area contributed by atoms with Gasteiger partial charge in [0, 0.05) is 4.47 Å². The van der Waals surface area contributed by atoms with Crippen LogP contribution in [0.1, 0.15) is 13.3 Å². The van der Waals surface area contributed by atoms with E-state index in [1.807, 2.05) is 0 Å². The lowest BCUT2D eigenvalue weighted by Gasteiger charge is -2.13. The monoisotopic (exact) mass is 292 g/mol. The summed E-state index contributed by atoms with van der Waals surface area (Å²) in [6.07, 6.45) is -0.461. The molecule has 1 N–H and O–H groups in total. The molecule has 1 atom stereocenters. The van der Waals surface area contributed by atoms with Gasteiger partial charge in [0.15, 0.2) is 0 Å². The summed E-state index contributed by atoms with van der Waals surface area (Å²) in [4.78, 5) is 10.4. The Hall–Kier alpha value is -0.740. The SMILES string of the molecule is C[C@@H](CC(=O)O)Oc1cc(Br)ccc1Cl. The molecule has 0 saturated heterocycles. The molecule has 0 bridgehead atoms. The molecule has 1 aromatic carbocycles. The average Bonchev–Trinajstić information content (AvgIpc) is 2.10. The van der Waals surface area contributed by atoms with E-state index in [0.717, 1.165) is 4.47 Å². The Morgan fingerprint density at radius 1 is 1.67 bits per heavy atom. The van der Waals surface area contributed by atoms with Crippen LogP contribution in [0.3, 0.4) is 0 Å². The minimum Gasteiger partial charge on any atom is -0.489 e. The third-order valence-corrected chi connectivity index (χ3v) is 2.49. The van der Waals surface area contributed by atoms with Crippen LogP contribution in [-0.2, 0) is 4.79 Å². The highest BCUT2D eigenvalue weighted by Crippen LogP contribution is 2.28. The van der Waals surface area contributed by atoms with E-state index in [-0.39, 0.29) is 6.42 Å². The lowest BCUT2D eigenvalue weighted by Crippen LogP contribution is -2.16. The molecule has 0 aliphatic heterocycles. The second-order valence-electron chi connectivity index (χ2n) is 3.10. The van der Waals surface area contributed by atoms with Crippen molar-refractivity contribution >= 4 is 33.5 Å². The molecule has 0 amide bonds. The number of carbonyl (C=O) groups is 1. The third-order valence-electron chi connectivity index (χ3n) is 1.68. The van der Waals surface area contributed by atoms with Gasteiger partial charge in [0.05, 0.1) is 11.4 Å². The summed E-state index contributed by atoms with van der Waals surface area (Å²) in [5, 5.41) is 9.03. The van der Waals surface area contributed by atoms with Crippen LogP contribution in [0.4, 0.5) is 0 Å². The van der Waals surface area contributed by atoms with Gasteiger partial charge in [0.1, 0.15) is 11.9 Å². The first-order chi connectivity index (χ1) is 6.99. The van der Waals surface area contributed by atoms with Gasteiger partial charge in [-0.05, 0) is 25.1 Å². The van der Waals surface area contributed by atoms with Crippen molar-refractivity contribution in [1.82, 2.24) is 0 Å². The van der Waals surface area contributed by atoms with Crippen molar-refractivity contribution in [2.75, 3.05) is 0 Å². The third kappa shape index (κ3) is 4.10. The van der Waals surface area contributed by atoms with E-state index in [1.54, 1.807) is 25.1 Å². The van der Waals surface area contributed by atoms with Gasteiger partial charge in [0.25, 0.3) is 0 Å². The summed E-state index contributed by atoms with van der Waals surface area (Å²) in [7, 11) is 0. The van der Waals surface area contributed by atoms with E-state index in [9.17, 15) is 4.79 Å². The minimum atomic E-state index is -0.895. The number of aliphatic carboxylic acids is 1. The van der Waals surface area contributed by atoms with Crippen LogP contribution < -0.4 is 4.74 Å². The molecule has 1 aromatic rings. The number of carboxylic acids is 1. The number of hydrogen-bond acceptors (Lipinski definition) is 2. The number of hydrogen-bond donors (Lipinski definition) is 1. The topological polar surface area (TPSA) is 46.5 Å². The smallest absolute Gasteiger partial charge is 0.307 e. The van der Waals surface area contributed by atoms with Gasteiger partial charge in [0.2, 0.25) is 0 Å². The fraction of sp³-hybridized carbons (Fsp3) is 0.300. The first-order valence-electron chi connectivity index (χ1n) is 4.32. The molecule has 0 unspecified atom stereocenters. The lowest BCUT2D eigenvalue weighted by molar-refractivity contribution is -0.138. The van der Waals surface area contributed by atoms with Gasteiger partial charge in [-0.25, -0.2) is 0 Å². The Kier molecular flexibility index (Phi) is 4.42. The van der Waals surface area contributed by atoms with Crippen LogP contribution in [0.15, 0.2) is 22.7 Å². The van der Waals surface area contributed by atoms with Gasteiger partial charge < -0.3 is 9.84 Å². The van der Waals surface area contributed by atoms with Gasteiger partial charge in [-0.1, -0.05) is 27.5 Å². The first-order valence-corrected chi connectivity index (χ1v) is 5.49. The number of ether oxygens (including phenoxy) is 1. The zero-order valence-corrected chi connectivity index (χ0v) is 10.4. The van der Waals surface area contributed by atoms with Gasteiger partial charge in [-0.3, -0.25) is 4.79 Å². The fourth-order valence-corrected chi connectivity index (χ4v) is 1.57. The number of carboxylic acid groups (broad SMARTS) is 1. The van der Waals surface area contributed by atoms with Crippen LogP contribution in [0.2, 0.25) is 5.02 Å². The molecular formula is C10H10BrClO3. The molecule has 82 valence electrons. The zero-order valence-electron chi connectivity index (χ0n) is 8.04. The molecule has 3 nitrogen and oxygen atoms in total. The summed E-state index contributed by atoms with van der Waals surface area (Å²) in [6, 6.07) is 5.19. The highest BCUT2D eigenvalue weighted by molar-refractivity contribution is 9.10. The van der Waals surface area contributed by atoms with E-state index in [2.05, 4.69) is 15.9 Å². The van der Waals surface area contributed by atoms with E-state index < -0.39 is 12.1 Å². The molecule has 0 aromatic heterocycles. The number of halogens is 2. The first kappa shape index (κ1) is 12.3. The molecular weight excluding hydrogens is 283 g/mol. The second kappa shape index (κ2) is 5.37. The minimum absolute atomic E-state index is 0.0527. The van der Waals surface area contributed by atoms with E-state index >= 15 is 0 Å². The van der Waals surface area contributed by atoms with Crippen molar-refractivity contribution in [2.45, 2.75) is 19.4 Å². The maximum Gasteiger partial charge on any atom is 0.307 e. The fourth-order valence-electron chi connectivity index (χ4n) is 1.07. The molecule has 0 fully saturated rings. The molecule has 15 heavy (non-hydrogen) atoms. The van der Waals surface area contributed by atoms with Gasteiger partial charge in [-0.15, -0.1) is 0 Å². The Labute approximate surface area is 101 Å². The maximum atomic E-state index is 10.4. The van der Waals surface area contributed by atoms with E-state index in [0.29, 0.717) is 10.8 Å². The quantitative estimate of drug-likeness (QED) is 0.926. The van der Waals surface area contributed by atoms with Crippen molar-refractivity contribution in [2.24, 2.45) is 0 Å².